The Morgan fingerprint density at radius 3 is 2.38 bits per heavy atom. The molecule has 0 heterocycles. The van der Waals surface area contributed by atoms with Gasteiger partial charge in [-0.05, 0) is 0 Å². The van der Waals surface area contributed by atoms with Gasteiger partial charge in [0.1, 0.15) is 0 Å². The van der Waals surface area contributed by atoms with E-state index in [4.69, 9.17) is 16.9 Å². The molecule has 0 aliphatic carbocycles. The van der Waals surface area contributed by atoms with Crippen molar-refractivity contribution >= 4 is 12.1 Å². The van der Waals surface area contributed by atoms with Crippen LogP contribution in [-0.2, 0) is 4.79 Å². The summed E-state index contributed by atoms with van der Waals surface area (Å²) in [5.74, 6) is -1.13. The van der Waals surface area contributed by atoms with Gasteiger partial charge in [-0.25, -0.2) is 0 Å². The van der Waals surface area contributed by atoms with Crippen molar-refractivity contribution in [3.63, 3.8) is 0 Å². The third-order valence-electron chi connectivity index (χ3n) is 0.821. The summed E-state index contributed by atoms with van der Waals surface area (Å²) >= 11 is 0. The summed E-state index contributed by atoms with van der Waals surface area (Å²) in [5.41, 5.74) is 9.82. The van der Waals surface area contributed by atoms with Crippen molar-refractivity contribution in [1.82, 2.24) is 0 Å². The van der Waals surface area contributed by atoms with Crippen LogP contribution >= 0.6 is 0 Å². The SMILES string of the molecule is N=CC(CN)C(N)=O. The fourth-order valence-corrected chi connectivity index (χ4v) is 0.266. The zero-order valence-electron chi connectivity index (χ0n) is 4.42. The fraction of sp³-hybridized carbons (Fsp3) is 0.500. The molecule has 4 nitrogen and oxygen atoms in total. The third kappa shape index (κ3) is 1.70. The molecule has 1 amide bonds. The molecule has 0 radical (unpaired) electrons. The van der Waals surface area contributed by atoms with E-state index in [1.54, 1.807) is 0 Å². The van der Waals surface area contributed by atoms with Crippen LogP contribution in [0.4, 0.5) is 0 Å². The minimum Gasteiger partial charge on any atom is -0.369 e. The molecule has 0 aliphatic rings. The summed E-state index contributed by atoms with van der Waals surface area (Å²) in [4.78, 5) is 10.2. The van der Waals surface area contributed by atoms with Crippen LogP contribution < -0.4 is 11.5 Å². The average Bonchev–Trinajstić information content (AvgIpc) is 1.69. The molecule has 46 valence electrons. The molecule has 0 aliphatic heterocycles. The van der Waals surface area contributed by atoms with Crippen molar-refractivity contribution in [2.45, 2.75) is 0 Å². The summed E-state index contributed by atoms with van der Waals surface area (Å²) < 4.78 is 0. The van der Waals surface area contributed by atoms with Gasteiger partial charge >= 0.3 is 0 Å². The van der Waals surface area contributed by atoms with Gasteiger partial charge in [0.05, 0.1) is 5.92 Å². The standard InChI is InChI=1S/C4H9N3O/c5-1-3(2-6)4(7)8/h1,3,5H,2,6H2,(H2,7,8). The molecular weight excluding hydrogens is 106 g/mol. The molecule has 0 bridgehead atoms. The zero-order valence-corrected chi connectivity index (χ0v) is 4.42. The lowest BCUT2D eigenvalue weighted by Crippen LogP contribution is -2.30. The Morgan fingerprint density at radius 2 is 2.38 bits per heavy atom. The molecule has 0 aromatic rings. The van der Waals surface area contributed by atoms with Crippen LogP contribution in [0.3, 0.4) is 0 Å². The first-order valence-corrected chi connectivity index (χ1v) is 2.22. The van der Waals surface area contributed by atoms with Gasteiger partial charge in [0, 0.05) is 12.8 Å². The molecule has 8 heavy (non-hydrogen) atoms. The van der Waals surface area contributed by atoms with Crippen LogP contribution in [0.1, 0.15) is 0 Å². The molecule has 0 rings (SSSR count). The maximum absolute atomic E-state index is 10.2. The van der Waals surface area contributed by atoms with Gasteiger partial charge in [-0.3, -0.25) is 4.79 Å². The molecule has 4 heteroatoms. The lowest BCUT2D eigenvalue weighted by molar-refractivity contribution is -0.119. The summed E-state index contributed by atoms with van der Waals surface area (Å²) in [7, 11) is 0. The third-order valence-corrected chi connectivity index (χ3v) is 0.821. The number of amides is 1. The molecule has 1 atom stereocenters. The Balaban J connectivity index is 3.69. The second kappa shape index (κ2) is 3.15. The van der Waals surface area contributed by atoms with E-state index in [0.29, 0.717) is 0 Å². The predicted molar refractivity (Wildman–Crippen MR) is 30.5 cm³/mol. The number of carbonyl (C=O) groups is 1. The highest BCUT2D eigenvalue weighted by Gasteiger charge is 2.07. The van der Waals surface area contributed by atoms with Crippen LogP contribution in [0.25, 0.3) is 0 Å². The fourth-order valence-electron chi connectivity index (χ4n) is 0.266. The van der Waals surface area contributed by atoms with E-state index in [1.165, 1.54) is 0 Å². The number of carbonyl (C=O) groups excluding carboxylic acids is 1. The highest BCUT2D eigenvalue weighted by atomic mass is 16.1. The van der Waals surface area contributed by atoms with E-state index in [-0.39, 0.29) is 6.54 Å². The highest BCUT2D eigenvalue weighted by Crippen LogP contribution is 1.82. The maximum atomic E-state index is 10.2. The first kappa shape index (κ1) is 7.10. The van der Waals surface area contributed by atoms with Crippen molar-refractivity contribution in [2.75, 3.05) is 6.54 Å². The number of nitrogens with one attached hydrogen (secondary N) is 1. The number of nitrogens with two attached hydrogens (primary N) is 2. The number of primary amides is 1. The van der Waals surface area contributed by atoms with Gasteiger partial charge in [-0.2, -0.15) is 0 Å². The van der Waals surface area contributed by atoms with E-state index < -0.39 is 11.8 Å². The van der Waals surface area contributed by atoms with E-state index >= 15 is 0 Å². The van der Waals surface area contributed by atoms with Crippen LogP contribution in [0.15, 0.2) is 0 Å². The van der Waals surface area contributed by atoms with Gasteiger partial charge in [0.2, 0.25) is 5.91 Å². The van der Waals surface area contributed by atoms with Crippen molar-refractivity contribution in [3.05, 3.63) is 0 Å². The smallest absolute Gasteiger partial charge is 0.227 e. The quantitative estimate of drug-likeness (QED) is 0.398. The van der Waals surface area contributed by atoms with Crippen LogP contribution in [0.5, 0.6) is 0 Å². The summed E-state index contributed by atoms with van der Waals surface area (Å²) in [6, 6.07) is 0. The van der Waals surface area contributed by atoms with Crippen molar-refractivity contribution in [2.24, 2.45) is 17.4 Å². The average molecular weight is 115 g/mol. The maximum Gasteiger partial charge on any atom is 0.227 e. The predicted octanol–water partition coefficient (Wildman–Crippen LogP) is -1.30. The molecule has 5 N–H and O–H groups in total. The number of hydrogen-bond acceptors (Lipinski definition) is 3. The van der Waals surface area contributed by atoms with Crippen molar-refractivity contribution in [3.8, 4) is 0 Å². The zero-order chi connectivity index (χ0) is 6.57. The Bertz CT molecular complexity index is 101. The summed E-state index contributed by atoms with van der Waals surface area (Å²) in [6.07, 6.45) is 0.947. The first-order valence-electron chi connectivity index (χ1n) is 2.22. The normalized spacial score (nSPS) is 12.6. The summed E-state index contributed by atoms with van der Waals surface area (Å²) in [6.45, 7) is 0.124. The Kier molecular flexibility index (Phi) is 2.79. The van der Waals surface area contributed by atoms with Gasteiger partial charge in [0.25, 0.3) is 0 Å². The first-order chi connectivity index (χ1) is 3.72. The Hall–Kier alpha value is -0.900. The van der Waals surface area contributed by atoms with Gasteiger partial charge < -0.3 is 16.9 Å². The Morgan fingerprint density at radius 1 is 1.88 bits per heavy atom. The second-order valence-electron chi connectivity index (χ2n) is 1.41. The van der Waals surface area contributed by atoms with Crippen LogP contribution in [0.2, 0.25) is 0 Å². The van der Waals surface area contributed by atoms with E-state index in [0.717, 1.165) is 6.21 Å². The van der Waals surface area contributed by atoms with Crippen LogP contribution in [0, 0.1) is 11.3 Å². The van der Waals surface area contributed by atoms with Gasteiger partial charge in [-0.15, -0.1) is 0 Å². The Labute approximate surface area is 47.4 Å². The molecule has 1 unspecified atom stereocenters. The second-order valence-corrected chi connectivity index (χ2v) is 1.41. The molecule has 0 spiro atoms. The van der Waals surface area contributed by atoms with E-state index in [9.17, 15) is 4.79 Å². The van der Waals surface area contributed by atoms with Crippen LogP contribution in [-0.4, -0.2) is 18.7 Å². The number of hydrogen-bond donors (Lipinski definition) is 3. The van der Waals surface area contributed by atoms with Crippen molar-refractivity contribution < 1.29 is 4.79 Å². The highest BCUT2D eigenvalue weighted by molar-refractivity contribution is 5.91. The van der Waals surface area contributed by atoms with E-state index in [2.05, 4.69) is 0 Å². The minimum absolute atomic E-state index is 0.124. The summed E-state index contributed by atoms with van der Waals surface area (Å²) in [5, 5.41) is 6.58. The van der Waals surface area contributed by atoms with Gasteiger partial charge in [0.15, 0.2) is 0 Å². The molecule has 0 fully saturated rings. The monoisotopic (exact) mass is 115 g/mol. The van der Waals surface area contributed by atoms with E-state index in [1.807, 2.05) is 0 Å². The lowest BCUT2D eigenvalue weighted by Gasteiger charge is -1.99. The molecule has 0 aromatic carbocycles. The minimum atomic E-state index is -0.588. The molecular formula is C4H9N3O. The lowest BCUT2D eigenvalue weighted by atomic mass is 10.2. The molecule has 0 saturated heterocycles. The number of rotatable bonds is 3. The van der Waals surface area contributed by atoms with Gasteiger partial charge in [-0.1, -0.05) is 0 Å². The topological polar surface area (TPSA) is 93.0 Å². The van der Waals surface area contributed by atoms with Crippen molar-refractivity contribution in [1.29, 1.82) is 5.41 Å². The molecule has 0 aromatic heterocycles. The molecule has 0 saturated carbocycles. The largest absolute Gasteiger partial charge is 0.369 e.